The van der Waals surface area contributed by atoms with Crippen LogP contribution in [0.5, 0.6) is 0 Å². The van der Waals surface area contributed by atoms with Crippen LogP contribution in [0.15, 0.2) is 0 Å². The van der Waals surface area contributed by atoms with Gasteiger partial charge in [0.1, 0.15) is 0 Å². The van der Waals surface area contributed by atoms with Gasteiger partial charge < -0.3 is 16.0 Å². The molecule has 5 nitrogen and oxygen atoms in total. The number of carbonyl (C=O) groups excluding carboxylic acids is 2. The summed E-state index contributed by atoms with van der Waals surface area (Å²) in [4.78, 5) is 24.9. The minimum absolute atomic E-state index is 0.183. The molecule has 1 aliphatic rings. The van der Waals surface area contributed by atoms with Crippen LogP contribution in [-0.2, 0) is 9.59 Å². The quantitative estimate of drug-likeness (QED) is 0.666. The van der Waals surface area contributed by atoms with Gasteiger partial charge in [0, 0.05) is 26.2 Å². The third kappa shape index (κ3) is 3.70. The first-order chi connectivity index (χ1) is 7.86. The topological polar surface area (TPSA) is 75.4 Å². The van der Waals surface area contributed by atoms with Gasteiger partial charge >= 0.3 is 11.8 Å². The Bertz CT molecular complexity index is 297. The third-order valence-corrected chi connectivity index (χ3v) is 3.32. The van der Waals surface area contributed by atoms with Crippen molar-refractivity contribution in [1.29, 1.82) is 0 Å². The van der Waals surface area contributed by atoms with Gasteiger partial charge in [-0.2, -0.15) is 0 Å². The van der Waals surface area contributed by atoms with E-state index in [-0.39, 0.29) is 5.41 Å². The van der Waals surface area contributed by atoms with Crippen molar-refractivity contribution in [2.75, 3.05) is 26.2 Å². The highest BCUT2D eigenvalue weighted by Gasteiger charge is 2.35. The van der Waals surface area contributed by atoms with Crippen molar-refractivity contribution in [2.45, 2.75) is 27.2 Å². The highest BCUT2D eigenvalue weighted by Crippen LogP contribution is 2.33. The second kappa shape index (κ2) is 5.49. The maximum absolute atomic E-state index is 11.8. The first-order valence-corrected chi connectivity index (χ1v) is 6.13. The zero-order chi connectivity index (χ0) is 13.1. The van der Waals surface area contributed by atoms with Crippen LogP contribution in [0.2, 0.25) is 0 Å². The maximum Gasteiger partial charge on any atom is 0.311 e. The fourth-order valence-electron chi connectivity index (χ4n) is 2.06. The van der Waals surface area contributed by atoms with Crippen LogP contribution in [0.4, 0.5) is 0 Å². The largest absolute Gasteiger partial charge is 0.347 e. The van der Waals surface area contributed by atoms with E-state index >= 15 is 0 Å². The Kier molecular flexibility index (Phi) is 4.51. The van der Waals surface area contributed by atoms with E-state index < -0.39 is 11.8 Å². The number of nitrogens with two attached hydrogens (primary N) is 1. The first kappa shape index (κ1) is 14.0. The second-order valence-corrected chi connectivity index (χ2v) is 5.65. The highest BCUT2D eigenvalue weighted by atomic mass is 16.2. The molecule has 98 valence electrons. The Balaban J connectivity index is 2.48. The SMILES string of the molecule is CC(C)(C)C1CCN(C(=O)C(=O)NCCN)C1. The van der Waals surface area contributed by atoms with E-state index in [0.717, 1.165) is 6.42 Å². The summed E-state index contributed by atoms with van der Waals surface area (Å²) in [5.41, 5.74) is 5.45. The molecule has 17 heavy (non-hydrogen) atoms. The predicted octanol–water partition coefficient (Wildman–Crippen LogP) is -0.0441. The summed E-state index contributed by atoms with van der Waals surface area (Å²) < 4.78 is 0. The molecule has 0 aromatic heterocycles. The van der Waals surface area contributed by atoms with Crippen LogP contribution in [0.1, 0.15) is 27.2 Å². The first-order valence-electron chi connectivity index (χ1n) is 6.13. The molecule has 1 aliphatic heterocycles. The van der Waals surface area contributed by atoms with E-state index in [1.165, 1.54) is 0 Å². The van der Waals surface area contributed by atoms with E-state index in [0.29, 0.717) is 32.1 Å². The summed E-state index contributed by atoms with van der Waals surface area (Å²) in [5, 5.41) is 2.51. The number of hydrogen-bond donors (Lipinski definition) is 2. The second-order valence-electron chi connectivity index (χ2n) is 5.65. The summed E-state index contributed by atoms with van der Waals surface area (Å²) >= 11 is 0. The van der Waals surface area contributed by atoms with Crippen LogP contribution >= 0.6 is 0 Å². The summed E-state index contributed by atoms with van der Waals surface area (Å²) in [6.45, 7) is 8.56. The lowest BCUT2D eigenvalue weighted by Gasteiger charge is -2.26. The lowest BCUT2D eigenvalue weighted by Crippen LogP contribution is -2.43. The average molecular weight is 241 g/mol. The van der Waals surface area contributed by atoms with E-state index in [2.05, 4.69) is 26.1 Å². The van der Waals surface area contributed by atoms with E-state index in [9.17, 15) is 9.59 Å². The predicted molar refractivity (Wildman–Crippen MR) is 66.2 cm³/mol. The Morgan fingerprint density at radius 3 is 2.53 bits per heavy atom. The van der Waals surface area contributed by atoms with Crippen molar-refractivity contribution >= 4 is 11.8 Å². The fraction of sp³-hybridized carbons (Fsp3) is 0.833. The van der Waals surface area contributed by atoms with Crippen molar-refractivity contribution in [2.24, 2.45) is 17.1 Å². The number of hydrogen-bond acceptors (Lipinski definition) is 3. The van der Waals surface area contributed by atoms with Gasteiger partial charge in [0.15, 0.2) is 0 Å². The molecule has 0 spiro atoms. The summed E-state index contributed by atoms with van der Waals surface area (Å²) in [7, 11) is 0. The van der Waals surface area contributed by atoms with Crippen LogP contribution in [0.3, 0.4) is 0 Å². The third-order valence-electron chi connectivity index (χ3n) is 3.32. The summed E-state index contributed by atoms with van der Waals surface area (Å²) in [6.07, 6.45) is 0.972. The van der Waals surface area contributed by atoms with Gasteiger partial charge in [-0.3, -0.25) is 9.59 Å². The van der Waals surface area contributed by atoms with Gasteiger partial charge in [0.05, 0.1) is 0 Å². The normalized spacial score (nSPS) is 20.5. The van der Waals surface area contributed by atoms with Gasteiger partial charge in [-0.05, 0) is 17.8 Å². The number of nitrogens with zero attached hydrogens (tertiary/aromatic N) is 1. The molecule has 0 bridgehead atoms. The van der Waals surface area contributed by atoms with Gasteiger partial charge in [-0.1, -0.05) is 20.8 Å². The Morgan fingerprint density at radius 1 is 1.41 bits per heavy atom. The molecule has 1 rings (SSSR count). The highest BCUT2D eigenvalue weighted by molar-refractivity contribution is 6.35. The molecule has 1 heterocycles. The zero-order valence-electron chi connectivity index (χ0n) is 11.0. The Labute approximate surface area is 103 Å². The average Bonchev–Trinajstić information content (AvgIpc) is 2.73. The zero-order valence-corrected chi connectivity index (χ0v) is 11.0. The lowest BCUT2D eigenvalue weighted by molar-refractivity contribution is -0.145. The van der Waals surface area contributed by atoms with Crippen molar-refractivity contribution in [1.82, 2.24) is 10.2 Å². The van der Waals surface area contributed by atoms with Crippen LogP contribution in [-0.4, -0.2) is 42.9 Å². The van der Waals surface area contributed by atoms with Gasteiger partial charge in [-0.15, -0.1) is 0 Å². The van der Waals surface area contributed by atoms with E-state index in [1.54, 1.807) is 4.90 Å². The molecule has 0 aromatic rings. The Hall–Kier alpha value is -1.10. The molecule has 1 unspecified atom stereocenters. The number of amides is 2. The monoisotopic (exact) mass is 241 g/mol. The minimum Gasteiger partial charge on any atom is -0.347 e. The Morgan fingerprint density at radius 2 is 2.06 bits per heavy atom. The maximum atomic E-state index is 11.8. The number of likely N-dealkylation sites (tertiary alicyclic amines) is 1. The van der Waals surface area contributed by atoms with E-state index in [4.69, 9.17) is 5.73 Å². The molecule has 1 saturated heterocycles. The van der Waals surface area contributed by atoms with Gasteiger partial charge in [-0.25, -0.2) is 0 Å². The minimum atomic E-state index is -0.537. The van der Waals surface area contributed by atoms with Crippen molar-refractivity contribution in [3.63, 3.8) is 0 Å². The van der Waals surface area contributed by atoms with E-state index in [1.807, 2.05) is 0 Å². The van der Waals surface area contributed by atoms with Crippen molar-refractivity contribution < 1.29 is 9.59 Å². The summed E-state index contributed by atoms with van der Waals surface area (Å²) in [6, 6.07) is 0. The number of nitrogens with one attached hydrogen (secondary N) is 1. The smallest absolute Gasteiger partial charge is 0.311 e. The van der Waals surface area contributed by atoms with Gasteiger partial charge in [0.2, 0.25) is 0 Å². The molecule has 0 aliphatic carbocycles. The van der Waals surface area contributed by atoms with Crippen LogP contribution in [0.25, 0.3) is 0 Å². The van der Waals surface area contributed by atoms with Crippen molar-refractivity contribution in [3.8, 4) is 0 Å². The number of rotatable bonds is 2. The van der Waals surface area contributed by atoms with Gasteiger partial charge in [0.25, 0.3) is 0 Å². The molecule has 5 heteroatoms. The standard InChI is InChI=1S/C12H23N3O2/c1-12(2,3)9-4-7-15(8-9)11(17)10(16)14-6-5-13/h9H,4-8,13H2,1-3H3,(H,14,16). The van der Waals surface area contributed by atoms with Crippen LogP contribution in [0, 0.1) is 11.3 Å². The lowest BCUT2D eigenvalue weighted by atomic mass is 9.80. The fourth-order valence-corrected chi connectivity index (χ4v) is 2.06. The molecule has 1 fully saturated rings. The van der Waals surface area contributed by atoms with Crippen molar-refractivity contribution in [3.05, 3.63) is 0 Å². The molecule has 1 atom stereocenters. The molecule has 0 radical (unpaired) electrons. The molecular weight excluding hydrogens is 218 g/mol. The molecule has 2 amide bonds. The molecular formula is C12H23N3O2. The summed E-state index contributed by atoms with van der Waals surface area (Å²) in [5.74, 6) is -0.496. The molecule has 3 N–H and O–H groups in total. The molecule has 0 saturated carbocycles. The molecule has 0 aromatic carbocycles. The van der Waals surface area contributed by atoms with Crippen LogP contribution < -0.4 is 11.1 Å². The number of carbonyl (C=O) groups is 2.